The van der Waals surface area contributed by atoms with E-state index in [0.29, 0.717) is 6.04 Å². The van der Waals surface area contributed by atoms with Crippen LogP contribution in [-0.2, 0) is 12.8 Å². The monoisotopic (exact) mass is 258 g/mol. The van der Waals surface area contributed by atoms with Crippen molar-refractivity contribution in [2.45, 2.75) is 25.8 Å². The Hall–Kier alpha value is -1.74. The van der Waals surface area contributed by atoms with Crippen LogP contribution in [0.25, 0.3) is 0 Å². The van der Waals surface area contributed by atoms with Gasteiger partial charge in [0.2, 0.25) is 0 Å². The van der Waals surface area contributed by atoms with Gasteiger partial charge >= 0.3 is 0 Å². The molecule has 1 heterocycles. The van der Waals surface area contributed by atoms with Gasteiger partial charge < -0.3 is 5.32 Å². The third-order valence-electron chi connectivity index (χ3n) is 3.41. The molecule has 1 aromatic carbocycles. The topological polar surface area (TPSA) is 24.9 Å². The first-order valence-corrected chi connectivity index (χ1v) is 6.50. The normalized spacial score (nSPS) is 12.4. The lowest BCUT2D eigenvalue weighted by atomic mass is 9.97. The van der Waals surface area contributed by atoms with Crippen molar-refractivity contribution in [2.24, 2.45) is 0 Å². The van der Waals surface area contributed by atoms with Crippen molar-refractivity contribution in [2.75, 3.05) is 7.05 Å². The van der Waals surface area contributed by atoms with E-state index in [4.69, 9.17) is 0 Å². The van der Waals surface area contributed by atoms with Gasteiger partial charge in [-0.05, 0) is 67.8 Å². The van der Waals surface area contributed by atoms with Gasteiger partial charge in [-0.25, -0.2) is 4.39 Å². The predicted molar refractivity (Wildman–Crippen MR) is 75.6 cm³/mol. The van der Waals surface area contributed by atoms with Gasteiger partial charge in [0, 0.05) is 18.4 Å². The number of hydrogen-bond acceptors (Lipinski definition) is 2. The molecule has 3 heteroatoms. The second-order valence-corrected chi connectivity index (χ2v) is 4.82. The number of benzene rings is 1. The number of aryl methyl sites for hydroxylation is 1. The summed E-state index contributed by atoms with van der Waals surface area (Å²) in [4.78, 5) is 4.02. The minimum atomic E-state index is -0.170. The summed E-state index contributed by atoms with van der Waals surface area (Å²) in [6.45, 7) is 1.96. The second-order valence-electron chi connectivity index (χ2n) is 4.82. The molecular formula is C16H19FN2. The SMILES string of the molecule is CNC(Cc1ccncc1)Cc1ccc(F)cc1C. The van der Waals surface area contributed by atoms with E-state index in [1.54, 1.807) is 6.07 Å². The Bertz CT molecular complexity index is 526. The van der Waals surface area contributed by atoms with Gasteiger partial charge in [-0.2, -0.15) is 0 Å². The fraction of sp³-hybridized carbons (Fsp3) is 0.312. The minimum absolute atomic E-state index is 0.170. The molecule has 1 aromatic heterocycles. The molecule has 1 atom stereocenters. The fourth-order valence-corrected chi connectivity index (χ4v) is 2.23. The van der Waals surface area contributed by atoms with Crippen LogP contribution < -0.4 is 5.32 Å². The van der Waals surface area contributed by atoms with Crippen LogP contribution in [-0.4, -0.2) is 18.1 Å². The average molecular weight is 258 g/mol. The lowest BCUT2D eigenvalue weighted by molar-refractivity contribution is 0.553. The number of aromatic nitrogens is 1. The van der Waals surface area contributed by atoms with Crippen LogP contribution in [0.2, 0.25) is 0 Å². The summed E-state index contributed by atoms with van der Waals surface area (Å²) in [6.07, 6.45) is 5.46. The predicted octanol–water partition coefficient (Wildman–Crippen LogP) is 2.90. The Kier molecular flexibility index (Phi) is 4.63. The smallest absolute Gasteiger partial charge is 0.123 e. The number of nitrogens with one attached hydrogen (secondary N) is 1. The molecule has 0 bridgehead atoms. The van der Waals surface area contributed by atoms with Crippen LogP contribution >= 0.6 is 0 Å². The van der Waals surface area contributed by atoms with Gasteiger partial charge in [0.05, 0.1) is 0 Å². The summed E-state index contributed by atoms with van der Waals surface area (Å²) in [6, 6.07) is 9.40. The maximum absolute atomic E-state index is 13.1. The van der Waals surface area contributed by atoms with Crippen LogP contribution in [0.3, 0.4) is 0 Å². The molecule has 0 amide bonds. The summed E-state index contributed by atoms with van der Waals surface area (Å²) in [5.41, 5.74) is 3.46. The van der Waals surface area contributed by atoms with E-state index in [-0.39, 0.29) is 5.82 Å². The summed E-state index contributed by atoms with van der Waals surface area (Å²) in [5, 5.41) is 3.33. The maximum Gasteiger partial charge on any atom is 0.123 e. The molecule has 0 radical (unpaired) electrons. The molecule has 0 fully saturated rings. The minimum Gasteiger partial charge on any atom is -0.316 e. The van der Waals surface area contributed by atoms with E-state index in [1.807, 2.05) is 44.6 Å². The summed E-state index contributed by atoms with van der Waals surface area (Å²) >= 11 is 0. The zero-order valence-corrected chi connectivity index (χ0v) is 11.4. The van der Waals surface area contributed by atoms with E-state index in [9.17, 15) is 4.39 Å². The molecule has 0 spiro atoms. The van der Waals surface area contributed by atoms with E-state index < -0.39 is 0 Å². The van der Waals surface area contributed by atoms with E-state index in [2.05, 4.69) is 10.3 Å². The molecule has 19 heavy (non-hydrogen) atoms. The molecule has 0 aliphatic rings. The molecule has 1 unspecified atom stereocenters. The van der Waals surface area contributed by atoms with Crippen molar-refractivity contribution in [3.63, 3.8) is 0 Å². The van der Waals surface area contributed by atoms with Crippen molar-refractivity contribution in [3.05, 3.63) is 65.2 Å². The Balaban J connectivity index is 2.06. The maximum atomic E-state index is 13.1. The second kappa shape index (κ2) is 6.43. The van der Waals surface area contributed by atoms with E-state index >= 15 is 0 Å². The Morgan fingerprint density at radius 2 is 1.89 bits per heavy atom. The molecule has 100 valence electrons. The van der Waals surface area contributed by atoms with Gasteiger partial charge in [0.25, 0.3) is 0 Å². The number of rotatable bonds is 5. The first-order chi connectivity index (χ1) is 9.19. The quantitative estimate of drug-likeness (QED) is 0.892. The Morgan fingerprint density at radius 3 is 2.53 bits per heavy atom. The van der Waals surface area contributed by atoms with E-state index in [1.165, 1.54) is 17.2 Å². The zero-order valence-electron chi connectivity index (χ0n) is 11.4. The first-order valence-electron chi connectivity index (χ1n) is 6.50. The molecule has 1 N–H and O–H groups in total. The van der Waals surface area contributed by atoms with Gasteiger partial charge in [-0.1, -0.05) is 6.07 Å². The lowest BCUT2D eigenvalue weighted by Gasteiger charge is -2.17. The molecule has 0 saturated heterocycles. The fourth-order valence-electron chi connectivity index (χ4n) is 2.23. The van der Waals surface area contributed by atoms with Crippen LogP contribution in [0.15, 0.2) is 42.7 Å². The number of nitrogens with zero attached hydrogens (tertiary/aromatic N) is 1. The van der Waals surface area contributed by atoms with E-state index in [0.717, 1.165) is 18.4 Å². The Morgan fingerprint density at radius 1 is 1.16 bits per heavy atom. The standard InChI is InChI=1S/C16H19FN2/c1-12-9-15(17)4-3-14(12)11-16(18-2)10-13-5-7-19-8-6-13/h3-9,16,18H,10-11H2,1-2H3. The van der Waals surface area contributed by atoms with Gasteiger partial charge in [0.15, 0.2) is 0 Å². The molecule has 2 nitrogen and oxygen atoms in total. The lowest BCUT2D eigenvalue weighted by Crippen LogP contribution is -2.30. The Labute approximate surface area is 113 Å². The van der Waals surface area contributed by atoms with Gasteiger partial charge in [-0.3, -0.25) is 4.98 Å². The third kappa shape index (κ3) is 3.86. The highest BCUT2D eigenvalue weighted by molar-refractivity contribution is 5.27. The van der Waals surface area contributed by atoms with Gasteiger partial charge in [-0.15, -0.1) is 0 Å². The molecule has 0 aliphatic heterocycles. The molecular weight excluding hydrogens is 239 g/mol. The number of halogens is 1. The summed E-state index contributed by atoms with van der Waals surface area (Å²) in [7, 11) is 1.96. The van der Waals surface area contributed by atoms with Crippen LogP contribution in [0.5, 0.6) is 0 Å². The molecule has 2 aromatic rings. The number of hydrogen-bond donors (Lipinski definition) is 1. The summed E-state index contributed by atoms with van der Waals surface area (Å²) in [5.74, 6) is -0.170. The van der Waals surface area contributed by atoms with Crippen molar-refractivity contribution in [1.29, 1.82) is 0 Å². The highest BCUT2D eigenvalue weighted by Gasteiger charge is 2.10. The van der Waals surface area contributed by atoms with Crippen molar-refractivity contribution in [1.82, 2.24) is 10.3 Å². The zero-order chi connectivity index (χ0) is 13.7. The highest BCUT2D eigenvalue weighted by atomic mass is 19.1. The molecule has 2 rings (SSSR count). The first kappa shape index (κ1) is 13.7. The van der Waals surface area contributed by atoms with Crippen LogP contribution in [0.1, 0.15) is 16.7 Å². The molecule has 0 saturated carbocycles. The van der Waals surface area contributed by atoms with Gasteiger partial charge in [0.1, 0.15) is 5.82 Å². The average Bonchev–Trinajstić information content (AvgIpc) is 2.42. The number of pyridine rings is 1. The number of likely N-dealkylation sites (N-methyl/N-ethyl adjacent to an activating group) is 1. The largest absolute Gasteiger partial charge is 0.316 e. The van der Waals surface area contributed by atoms with Crippen molar-refractivity contribution < 1.29 is 4.39 Å². The van der Waals surface area contributed by atoms with Crippen LogP contribution in [0.4, 0.5) is 4.39 Å². The summed E-state index contributed by atoms with van der Waals surface area (Å²) < 4.78 is 13.1. The third-order valence-corrected chi connectivity index (χ3v) is 3.41. The van der Waals surface area contributed by atoms with Crippen molar-refractivity contribution in [3.8, 4) is 0 Å². The molecule has 0 aliphatic carbocycles. The van der Waals surface area contributed by atoms with Crippen molar-refractivity contribution >= 4 is 0 Å². The van der Waals surface area contributed by atoms with Crippen LogP contribution in [0, 0.1) is 12.7 Å². The highest BCUT2D eigenvalue weighted by Crippen LogP contribution is 2.14.